The molecule has 1 aliphatic rings. The van der Waals surface area contributed by atoms with E-state index < -0.39 is 0 Å². The quantitative estimate of drug-likeness (QED) is 0.567. The molecule has 0 amide bonds. The summed E-state index contributed by atoms with van der Waals surface area (Å²) in [6.07, 6.45) is 4.89. The standard InChI is InChI=1S/C24H21FO3/c1-26-22-12-10-18(17-5-4-6-20(17)22)19-9-7-15(13-21(19)25)16-8-11-23(27-2)24(14-16)28-3/h4,6-14H,5H2,1-3H3. The Bertz CT molecular complexity index is 1070. The minimum atomic E-state index is -0.258. The number of methoxy groups -OCH3 is 3. The van der Waals surface area contributed by atoms with Crippen LogP contribution in [0.3, 0.4) is 0 Å². The number of hydrogen-bond acceptors (Lipinski definition) is 3. The van der Waals surface area contributed by atoms with Gasteiger partial charge in [0.05, 0.1) is 21.3 Å². The van der Waals surface area contributed by atoms with E-state index in [2.05, 4.69) is 6.08 Å². The lowest BCUT2D eigenvalue weighted by atomic mass is 9.93. The average Bonchev–Trinajstić information content (AvgIpc) is 3.22. The van der Waals surface area contributed by atoms with Crippen molar-refractivity contribution in [3.63, 3.8) is 0 Å². The molecule has 0 N–H and O–H groups in total. The van der Waals surface area contributed by atoms with E-state index in [0.717, 1.165) is 40.0 Å². The lowest BCUT2D eigenvalue weighted by Gasteiger charge is -2.14. The van der Waals surface area contributed by atoms with Crippen LogP contribution in [0.15, 0.2) is 54.6 Å². The Kier molecular flexibility index (Phi) is 4.78. The molecule has 3 nitrogen and oxygen atoms in total. The number of halogens is 1. The topological polar surface area (TPSA) is 27.7 Å². The number of allylic oxidation sites excluding steroid dienone is 1. The number of rotatable bonds is 5. The largest absolute Gasteiger partial charge is 0.496 e. The van der Waals surface area contributed by atoms with Crippen molar-refractivity contribution in [2.75, 3.05) is 21.3 Å². The third-order valence-corrected chi connectivity index (χ3v) is 5.12. The molecule has 142 valence electrons. The second-order valence-electron chi connectivity index (χ2n) is 6.58. The number of fused-ring (bicyclic) bond motifs is 1. The van der Waals surface area contributed by atoms with E-state index >= 15 is 4.39 Å². The monoisotopic (exact) mass is 376 g/mol. The zero-order chi connectivity index (χ0) is 19.7. The fourth-order valence-electron chi connectivity index (χ4n) is 3.70. The van der Waals surface area contributed by atoms with Gasteiger partial charge in [0.25, 0.3) is 0 Å². The normalized spacial score (nSPS) is 12.0. The predicted molar refractivity (Wildman–Crippen MR) is 110 cm³/mol. The molecule has 3 aromatic carbocycles. The molecule has 0 atom stereocenters. The Balaban J connectivity index is 1.75. The van der Waals surface area contributed by atoms with Gasteiger partial charge in [-0.05, 0) is 52.9 Å². The van der Waals surface area contributed by atoms with Crippen LogP contribution in [-0.4, -0.2) is 21.3 Å². The molecule has 1 aliphatic carbocycles. The fourth-order valence-corrected chi connectivity index (χ4v) is 3.70. The molecule has 0 aromatic heterocycles. The molecule has 0 spiro atoms. The first kappa shape index (κ1) is 18.1. The number of ether oxygens (including phenoxy) is 3. The first-order chi connectivity index (χ1) is 13.7. The highest BCUT2D eigenvalue weighted by Crippen LogP contribution is 2.39. The highest BCUT2D eigenvalue weighted by molar-refractivity contribution is 5.80. The first-order valence-corrected chi connectivity index (χ1v) is 9.05. The van der Waals surface area contributed by atoms with Crippen LogP contribution in [0.2, 0.25) is 0 Å². The average molecular weight is 376 g/mol. The smallest absolute Gasteiger partial charge is 0.161 e. The van der Waals surface area contributed by atoms with Crippen LogP contribution in [0.5, 0.6) is 17.2 Å². The second-order valence-corrected chi connectivity index (χ2v) is 6.58. The maximum Gasteiger partial charge on any atom is 0.161 e. The summed E-state index contributed by atoms with van der Waals surface area (Å²) < 4.78 is 31.2. The van der Waals surface area contributed by atoms with Gasteiger partial charge in [-0.15, -0.1) is 0 Å². The van der Waals surface area contributed by atoms with Gasteiger partial charge in [0.2, 0.25) is 0 Å². The third kappa shape index (κ3) is 3.01. The van der Waals surface area contributed by atoms with E-state index in [1.54, 1.807) is 27.4 Å². The van der Waals surface area contributed by atoms with Crippen molar-refractivity contribution in [3.05, 3.63) is 71.6 Å². The molecule has 0 unspecified atom stereocenters. The Labute approximate surface area is 164 Å². The summed E-state index contributed by atoms with van der Waals surface area (Å²) in [6, 6.07) is 14.7. The molecule has 3 aromatic rings. The highest BCUT2D eigenvalue weighted by atomic mass is 19.1. The van der Waals surface area contributed by atoms with Crippen LogP contribution in [0.4, 0.5) is 4.39 Å². The van der Waals surface area contributed by atoms with Crippen molar-refractivity contribution in [2.24, 2.45) is 0 Å². The summed E-state index contributed by atoms with van der Waals surface area (Å²) in [5.74, 6) is 1.81. The Morgan fingerprint density at radius 1 is 0.714 bits per heavy atom. The van der Waals surface area contributed by atoms with Crippen LogP contribution in [0.25, 0.3) is 28.3 Å². The van der Waals surface area contributed by atoms with Gasteiger partial charge in [0.15, 0.2) is 11.5 Å². The van der Waals surface area contributed by atoms with Gasteiger partial charge in [-0.3, -0.25) is 0 Å². The van der Waals surface area contributed by atoms with Crippen LogP contribution in [0, 0.1) is 5.82 Å². The van der Waals surface area contributed by atoms with Gasteiger partial charge < -0.3 is 14.2 Å². The lowest BCUT2D eigenvalue weighted by Crippen LogP contribution is -1.96. The van der Waals surface area contributed by atoms with Crippen LogP contribution < -0.4 is 14.2 Å². The third-order valence-electron chi connectivity index (χ3n) is 5.12. The molecule has 0 saturated carbocycles. The zero-order valence-electron chi connectivity index (χ0n) is 16.1. The van der Waals surface area contributed by atoms with Crippen LogP contribution in [-0.2, 0) is 6.42 Å². The number of hydrogen-bond donors (Lipinski definition) is 0. The van der Waals surface area contributed by atoms with E-state index in [-0.39, 0.29) is 5.82 Å². The minimum absolute atomic E-state index is 0.258. The highest BCUT2D eigenvalue weighted by Gasteiger charge is 2.18. The molecule has 0 aliphatic heterocycles. The van der Waals surface area contributed by atoms with Crippen molar-refractivity contribution in [2.45, 2.75) is 6.42 Å². The summed E-state index contributed by atoms with van der Waals surface area (Å²) in [5, 5.41) is 0. The minimum Gasteiger partial charge on any atom is -0.496 e. The van der Waals surface area contributed by atoms with Crippen molar-refractivity contribution >= 4 is 6.08 Å². The van der Waals surface area contributed by atoms with Gasteiger partial charge >= 0.3 is 0 Å². The summed E-state index contributed by atoms with van der Waals surface area (Å²) in [5.41, 5.74) is 5.26. The molecular formula is C24H21FO3. The van der Waals surface area contributed by atoms with Crippen LogP contribution >= 0.6 is 0 Å². The van der Waals surface area contributed by atoms with Crippen LogP contribution in [0.1, 0.15) is 11.1 Å². The van der Waals surface area contributed by atoms with Crippen molar-refractivity contribution < 1.29 is 18.6 Å². The van der Waals surface area contributed by atoms with Gasteiger partial charge in [0.1, 0.15) is 11.6 Å². The first-order valence-electron chi connectivity index (χ1n) is 9.05. The molecule has 0 saturated heterocycles. The second kappa shape index (κ2) is 7.39. The molecule has 0 bridgehead atoms. The van der Waals surface area contributed by atoms with E-state index in [0.29, 0.717) is 17.1 Å². The molecule has 4 heteroatoms. The molecule has 0 heterocycles. The maximum atomic E-state index is 15.1. The summed E-state index contributed by atoms with van der Waals surface area (Å²) >= 11 is 0. The van der Waals surface area contributed by atoms with Gasteiger partial charge in [0, 0.05) is 11.1 Å². The lowest BCUT2D eigenvalue weighted by molar-refractivity contribution is 0.355. The van der Waals surface area contributed by atoms with E-state index in [4.69, 9.17) is 14.2 Å². The molecule has 0 radical (unpaired) electrons. The van der Waals surface area contributed by atoms with Gasteiger partial charge in [-0.1, -0.05) is 36.4 Å². The molecule has 4 rings (SSSR count). The molecule has 0 fully saturated rings. The maximum absolute atomic E-state index is 15.1. The predicted octanol–water partition coefficient (Wildman–Crippen LogP) is 5.75. The van der Waals surface area contributed by atoms with Gasteiger partial charge in [-0.2, -0.15) is 0 Å². The SMILES string of the molecule is COc1ccc(-c2ccc(-c3ccc(OC)c4c3CC=C4)c(F)c2)cc1OC. The van der Waals surface area contributed by atoms with Crippen molar-refractivity contribution in [1.82, 2.24) is 0 Å². The van der Waals surface area contributed by atoms with Crippen molar-refractivity contribution in [1.29, 1.82) is 0 Å². The summed E-state index contributed by atoms with van der Waals surface area (Å²) in [6.45, 7) is 0. The van der Waals surface area contributed by atoms with E-state index in [1.165, 1.54) is 0 Å². The summed E-state index contributed by atoms with van der Waals surface area (Å²) in [7, 11) is 4.83. The number of benzene rings is 3. The Morgan fingerprint density at radius 2 is 1.36 bits per heavy atom. The Hall–Kier alpha value is -3.27. The van der Waals surface area contributed by atoms with E-state index in [9.17, 15) is 0 Å². The summed E-state index contributed by atoms with van der Waals surface area (Å²) in [4.78, 5) is 0. The molecule has 28 heavy (non-hydrogen) atoms. The molecular weight excluding hydrogens is 355 g/mol. The van der Waals surface area contributed by atoms with Crippen molar-refractivity contribution in [3.8, 4) is 39.5 Å². The fraction of sp³-hybridized carbons (Fsp3) is 0.167. The van der Waals surface area contributed by atoms with Gasteiger partial charge in [-0.25, -0.2) is 4.39 Å². The van der Waals surface area contributed by atoms with E-state index in [1.807, 2.05) is 48.5 Å². The Morgan fingerprint density at radius 3 is 2.07 bits per heavy atom. The zero-order valence-corrected chi connectivity index (χ0v) is 16.1.